The molecule has 2 aliphatic heterocycles. The third-order valence-electron chi connectivity index (χ3n) is 16.7. The van der Waals surface area contributed by atoms with Crippen molar-refractivity contribution >= 4 is 84.7 Å². The van der Waals surface area contributed by atoms with Crippen molar-refractivity contribution in [2.45, 2.75) is 78.9 Å². The zero-order chi connectivity index (χ0) is 48.0. The summed E-state index contributed by atoms with van der Waals surface area (Å²) in [6.45, 7) is 9.70. The molecule has 72 heavy (non-hydrogen) atoms. The van der Waals surface area contributed by atoms with E-state index in [1.165, 1.54) is 142 Å². The van der Waals surface area contributed by atoms with Gasteiger partial charge < -0.3 is 9.80 Å². The highest BCUT2D eigenvalue weighted by Crippen LogP contribution is 2.60. The van der Waals surface area contributed by atoms with Crippen LogP contribution in [0.2, 0.25) is 0 Å². The van der Waals surface area contributed by atoms with Crippen molar-refractivity contribution in [3.63, 3.8) is 0 Å². The number of benzene rings is 9. The second-order valence-electron chi connectivity index (χ2n) is 21.3. The molecule has 0 radical (unpaired) electrons. The number of hydrogen-bond acceptors (Lipinski definition) is 4. The lowest BCUT2D eigenvalue weighted by atomic mass is 9.76. The Kier molecular flexibility index (Phi) is 9.21. The van der Waals surface area contributed by atoms with Crippen molar-refractivity contribution in [3.05, 3.63) is 238 Å². The molecule has 0 saturated heterocycles. The number of allylic oxidation sites excluding steroid dienone is 7. The molecule has 0 atom stereocenters. The highest BCUT2D eigenvalue weighted by atomic mass is 32.2. The van der Waals surface area contributed by atoms with Crippen LogP contribution in [0.1, 0.15) is 81.2 Å². The first-order valence-corrected chi connectivity index (χ1v) is 27.3. The Balaban J connectivity index is 1.11. The Bertz CT molecular complexity index is 3960. The normalized spacial score (nSPS) is 17.5. The van der Waals surface area contributed by atoms with Gasteiger partial charge in [-0.3, -0.25) is 0 Å². The molecule has 2 heterocycles. The Hall–Kier alpha value is -7.24. The molecule has 0 spiro atoms. The minimum Gasteiger partial charge on any atom is -0.309 e. The standard InChI is InChI=1S/C68H52N2S2/c1-67(2)51-23-7-5-19-45(51)65-47(21-17-25-53(65)67)63-43-37-35-42(70-57-29-11-15-33-61(57)72-62-34-16-12-30-58(62)70)40-50(43)64(48-22-18-26-54-66(48)46-20-6-8-24-52(46)68(54,3)4)44-38-36-41(39-49(44)63)69-55-27-9-13-31-59(55)71-60-32-14-10-28-56(60)69/h5-15,17,19-21,23-33,35-40H,16,18,22,34H2,1-4H3. The summed E-state index contributed by atoms with van der Waals surface area (Å²) in [5.41, 5.74) is 23.7. The van der Waals surface area contributed by atoms with E-state index in [4.69, 9.17) is 0 Å². The van der Waals surface area contributed by atoms with Gasteiger partial charge in [-0.25, -0.2) is 0 Å². The van der Waals surface area contributed by atoms with Gasteiger partial charge in [0.05, 0.1) is 22.8 Å². The van der Waals surface area contributed by atoms with Crippen LogP contribution in [0.15, 0.2) is 225 Å². The molecule has 0 N–H and O–H groups in total. The van der Waals surface area contributed by atoms with Crippen molar-refractivity contribution in [2.75, 3.05) is 9.80 Å². The van der Waals surface area contributed by atoms with Gasteiger partial charge in [0, 0.05) is 41.8 Å². The molecule has 2 nitrogen and oxygen atoms in total. The first-order valence-electron chi connectivity index (χ1n) is 25.7. The summed E-state index contributed by atoms with van der Waals surface area (Å²) < 4.78 is 0. The number of para-hydroxylation sites is 3. The van der Waals surface area contributed by atoms with E-state index in [1.807, 2.05) is 23.5 Å². The largest absolute Gasteiger partial charge is 0.309 e. The average Bonchev–Trinajstić information content (AvgIpc) is 3.80. The van der Waals surface area contributed by atoms with Crippen LogP contribution in [-0.2, 0) is 10.8 Å². The first kappa shape index (κ1) is 42.4. The van der Waals surface area contributed by atoms with Gasteiger partial charge >= 0.3 is 0 Å². The lowest BCUT2D eigenvalue weighted by molar-refractivity contribution is 0.655. The van der Waals surface area contributed by atoms with Crippen LogP contribution in [0.4, 0.5) is 28.4 Å². The van der Waals surface area contributed by atoms with Crippen molar-refractivity contribution in [1.29, 1.82) is 0 Å². The number of thioether (sulfide) groups is 1. The molecule has 0 amide bonds. The van der Waals surface area contributed by atoms with Crippen LogP contribution >= 0.6 is 23.5 Å². The number of fused-ring (bicyclic) bond motifs is 11. The summed E-state index contributed by atoms with van der Waals surface area (Å²) >= 11 is 3.82. The Morgan fingerprint density at radius 3 is 1.71 bits per heavy atom. The van der Waals surface area contributed by atoms with E-state index in [0.29, 0.717) is 0 Å². The summed E-state index contributed by atoms with van der Waals surface area (Å²) in [7, 11) is 0. The topological polar surface area (TPSA) is 6.48 Å². The number of nitrogens with zero attached hydrogens (tertiary/aromatic N) is 2. The van der Waals surface area contributed by atoms with E-state index in [0.717, 1.165) is 25.7 Å². The summed E-state index contributed by atoms with van der Waals surface area (Å²) in [6, 6.07) is 67.4. The Morgan fingerprint density at radius 1 is 0.431 bits per heavy atom. The molecule has 0 aromatic heterocycles. The molecule has 4 heteroatoms. The van der Waals surface area contributed by atoms with E-state index in [2.05, 4.69) is 232 Å². The quantitative estimate of drug-likeness (QED) is 0.162. The van der Waals surface area contributed by atoms with Crippen molar-refractivity contribution in [2.24, 2.45) is 0 Å². The van der Waals surface area contributed by atoms with Gasteiger partial charge in [-0.2, -0.15) is 0 Å². The molecule has 9 aromatic carbocycles. The molecule has 0 unspecified atom stereocenters. The van der Waals surface area contributed by atoms with Crippen LogP contribution < -0.4 is 9.80 Å². The van der Waals surface area contributed by atoms with Crippen molar-refractivity contribution in [1.82, 2.24) is 0 Å². The van der Waals surface area contributed by atoms with Crippen molar-refractivity contribution < 1.29 is 0 Å². The van der Waals surface area contributed by atoms with E-state index >= 15 is 0 Å². The zero-order valence-electron chi connectivity index (χ0n) is 41.0. The number of hydrogen-bond donors (Lipinski definition) is 0. The summed E-state index contributed by atoms with van der Waals surface area (Å²) in [5, 5.41) is 5.17. The fourth-order valence-electron chi connectivity index (χ4n) is 13.5. The molecule has 9 aromatic rings. The van der Waals surface area contributed by atoms with Crippen LogP contribution in [0.5, 0.6) is 0 Å². The monoisotopic (exact) mass is 960 g/mol. The van der Waals surface area contributed by atoms with E-state index in [-0.39, 0.29) is 10.8 Å². The molecule has 15 rings (SSSR count). The van der Waals surface area contributed by atoms with Gasteiger partial charge in [-0.1, -0.05) is 179 Å². The minimum absolute atomic E-state index is 0.106. The Labute approximate surface area is 431 Å². The molecule has 4 aliphatic carbocycles. The smallest absolute Gasteiger partial charge is 0.0601 e. The molecule has 346 valence electrons. The molecular weight excluding hydrogens is 909 g/mol. The fraction of sp³-hybridized carbons (Fsp3) is 0.147. The predicted molar refractivity (Wildman–Crippen MR) is 307 cm³/mol. The summed E-state index contributed by atoms with van der Waals surface area (Å²) in [4.78, 5) is 10.4. The number of rotatable bonds is 4. The zero-order valence-corrected chi connectivity index (χ0v) is 42.6. The van der Waals surface area contributed by atoms with E-state index in [1.54, 1.807) is 0 Å². The van der Waals surface area contributed by atoms with Gasteiger partial charge in [0.2, 0.25) is 0 Å². The molecule has 0 fully saturated rings. The molecular formula is C68H52N2S2. The molecule has 0 saturated carbocycles. The lowest BCUT2D eigenvalue weighted by Crippen LogP contribution is -2.21. The van der Waals surface area contributed by atoms with Gasteiger partial charge in [-0.05, 0) is 181 Å². The third kappa shape index (κ3) is 5.94. The minimum atomic E-state index is -0.149. The van der Waals surface area contributed by atoms with Crippen molar-refractivity contribution in [3.8, 4) is 22.3 Å². The molecule has 0 bridgehead atoms. The highest BCUT2D eigenvalue weighted by molar-refractivity contribution is 8.03. The average molecular weight is 961 g/mol. The SMILES string of the molecule is CC1(C)C2=CCCC(c3c4cc(N5C6=C(CCC=C6)Sc6ccccc65)ccc4c(-c4cccc5c4-c4ccccc4C5(C)C)c4cc(N5c6ccccc6Sc6ccccc65)ccc34)=C2c2ccccc21. The van der Waals surface area contributed by atoms with E-state index < -0.39 is 0 Å². The first-order chi connectivity index (χ1) is 35.3. The van der Waals surface area contributed by atoms with Crippen LogP contribution in [0.25, 0.3) is 54.9 Å². The lowest BCUT2D eigenvalue weighted by Gasteiger charge is -2.36. The highest BCUT2D eigenvalue weighted by Gasteiger charge is 2.42. The van der Waals surface area contributed by atoms with Crippen LogP contribution in [0.3, 0.4) is 0 Å². The Morgan fingerprint density at radius 2 is 0.986 bits per heavy atom. The van der Waals surface area contributed by atoms with Gasteiger partial charge in [-0.15, -0.1) is 0 Å². The number of anilines is 5. The van der Waals surface area contributed by atoms with Gasteiger partial charge in [0.25, 0.3) is 0 Å². The third-order valence-corrected chi connectivity index (χ3v) is 19.1. The maximum absolute atomic E-state index is 2.58. The second-order valence-corrected chi connectivity index (χ2v) is 23.5. The summed E-state index contributed by atoms with van der Waals surface area (Å²) in [6.07, 6.45) is 11.4. The fourth-order valence-corrected chi connectivity index (χ4v) is 15.7. The van der Waals surface area contributed by atoms with Gasteiger partial charge in [0.1, 0.15) is 0 Å². The summed E-state index contributed by atoms with van der Waals surface area (Å²) in [5.74, 6) is 0. The predicted octanol–water partition coefficient (Wildman–Crippen LogP) is 19.6. The van der Waals surface area contributed by atoms with Crippen LogP contribution in [-0.4, -0.2) is 0 Å². The van der Waals surface area contributed by atoms with Crippen LogP contribution in [0, 0.1) is 0 Å². The van der Waals surface area contributed by atoms with Gasteiger partial charge in [0.15, 0.2) is 0 Å². The second kappa shape index (κ2) is 15.6. The van der Waals surface area contributed by atoms with E-state index in [9.17, 15) is 0 Å². The maximum Gasteiger partial charge on any atom is 0.0601 e. The molecule has 6 aliphatic rings. The maximum atomic E-state index is 2.58.